The van der Waals surface area contributed by atoms with Gasteiger partial charge in [-0.25, -0.2) is 4.98 Å². The van der Waals surface area contributed by atoms with E-state index in [1.165, 1.54) is 6.08 Å². The van der Waals surface area contributed by atoms with Gasteiger partial charge >= 0.3 is 0 Å². The lowest BCUT2D eigenvalue weighted by Crippen LogP contribution is -2.19. The number of fused-ring (bicyclic) bond motifs is 1. The van der Waals surface area contributed by atoms with Crippen LogP contribution >= 0.6 is 27.3 Å². The van der Waals surface area contributed by atoms with Gasteiger partial charge in [0.1, 0.15) is 5.82 Å². The van der Waals surface area contributed by atoms with E-state index >= 15 is 0 Å². The lowest BCUT2D eigenvalue weighted by Gasteiger charge is -2.08. The van der Waals surface area contributed by atoms with E-state index in [-0.39, 0.29) is 5.91 Å². The van der Waals surface area contributed by atoms with Gasteiger partial charge in [-0.3, -0.25) is 4.79 Å². The van der Waals surface area contributed by atoms with Crippen LogP contribution in [0.15, 0.2) is 47.6 Å². The second kappa shape index (κ2) is 6.75. The topological polar surface area (TPSA) is 68.0 Å². The van der Waals surface area contributed by atoms with Gasteiger partial charge in [0.05, 0.1) is 4.88 Å². The number of hydrogen-bond acceptors (Lipinski definition) is 4. The SMILES string of the molecule is C=CC(=O)NCc1ccc(-c2sc3ccnc(N)c3c2Br)c(C)c1. The van der Waals surface area contributed by atoms with Crippen LogP contribution in [-0.2, 0) is 11.3 Å². The molecule has 0 atom stereocenters. The number of carbonyl (C=O) groups is 1. The summed E-state index contributed by atoms with van der Waals surface area (Å²) < 4.78 is 2.08. The average molecular weight is 402 g/mol. The molecule has 6 heteroatoms. The summed E-state index contributed by atoms with van der Waals surface area (Å²) in [5.41, 5.74) is 9.33. The third-order valence-corrected chi connectivity index (χ3v) is 6.00. The van der Waals surface area contributed by atoms with Crippen molar-refractivity contribution in [2.75, 3.05) is 5.73 Å². The molecule has 2 heterocycles. The number of carbonyl (C=O) groups excluding carboxylic acids is 1. The summed E-state index contributed by atoms with van der Waals surface area (Å²) in [4.78, 5) is 16.6. The van der Waals surface area contributed by atoms with Gasteiger partial charge in [0, 0.05) is 27.3 Å². The number of aromatic nitrogens is 1. The molecule has 0 saturated heterocycles. The van der Waals surface area contributed by atoms with Crippen LogP contribution in [0.3, 0.4) is 0 Å². The van der Waals surface area contributed by atoms with Crippen LogP contribution in [0.25, 0.3) is 20.5 Å². The minimum absolute atomic E-state index is 0.174. The van der Waals surface area contributed by atoms with Crippen molar-refractivity contribution in [2.45, 2.75) is 13.5 Å². The lowest BCUT2D eigenvalue weighted by atomic mass is 10.0. The summed E-state index contributed by atoms with van der Waals surface area (Å²) in [7, 11) is 0. The van der Waals surface area contributed by atoms with Crippen LogP contribution < -0.4 is 11.1 Å². The Morgan fingerprint density at radius 2 is 2.25 bits per heavy atom. The monoisotopic (exact) mass is 401 g/mol. The normalized spacial score (nSPS) is 10.8. The Kier molecular flexibility index (Phi) is 4.69. The van der Waals surface area contributed by atoms with Crippen LogP contribution in [0.5, 0.6) is 0 Å². The van der Waals surface area contributed by atoms with Gasteiger partial charge in [0.2, 0.25) is 5.91 Å². The van der Waals surface area contributed by atoms with Crippen molar-refractivity contribution in [3.05, 3.63) is 58.7 Å². The standard InChI is InChI=1S/C18H16BrN3OS/c1-3-14(23)22-9-11-4-5-12(10(2)8-11)17-16(19)15-13(24-17)6-7-21-18(15)20/h3-8H,1,9H2,2H3,(H2,20,21)(H,22,23). The summed E-state index contributed by atoms with van der Waals surface area (Å²) in [6.45, 7) is 6.00. The number of pyridine rings is 1. The van der Waals surface area contributed by atoms with Crippen molar-refractivity contribution in [1.29, 1.82) is 0 Å². The first kappa shape index (κ1) is 16.7. The van der Waals surface area contributed by atoms with Crippen LogP contribution in [-0.4, -0.2) is 10.9 Å². The van der Waals surface area contributed by atoms with Gasteiger partial charge in [0.25, 0.3) is 0 Å². The van der Waals surface area contributed by atoms with E-state index in [1.807, 2.05) is 12.1 Å². The molecule has 0 spiro atoms. The molecule has 0 aliphatic rings. The Morgan fingerprint density at radius 3 is 2.92 bits per heavy atom. The number of nitrogens with one attached hydrogen (secondary N) is 1. The van der Waals surface area contributed by atoms with E-state index in [2.05, 4.69) is 51.9 Å². The fourth-order valence-electron chi connectivity index (χ4n) is 2.56. The van der Waals surface area contributed by atoms with Crippen LogP contribution in [0, 0.1) is 6.92 Å². The molecule has 3 N–H and O–H groups in total. The molecule has 0 radical (unpaired) electrons. The maximum atomic E-state index is 11.3. The molecule has 0 saturated carbocycles. The summed E-state index contributed by atoms with van der Waals surface area (Å²) >= 11 is 5.36. The molecule has 2 aromatic heterocycles. The van der Waals surface area contributed by atoms with E-state index in [9.17, 15) is 4.79 Å². The molecule has 4 nitrogen and oxygen atoms in total. The molecule has 0 bridgehead atoms. The Labute approximate surface area is 152 Å². The van der Waals surface area contributed by atoms with E-state index in [4.69, 9.17) is 5.73 Å². The molecule has 0 fully saturated rings. The maximum absolute atomic E-state index is 11.3. The van der Waals surface area contributed by atoms with E-state index in [0.717, 1.165) is 36.1 Å². The molecule has 0 unspecified atom stereocenters. The second-order valence-electron chi connectivity index (χ2n) is 5.39. The van der Waals surface area contributed by atoms with Gasteiger partial charge in [0.15, 0.2) is 0 Å². The van der Waals surface area contributed by atoms with Gasteiger partial charge in [-0.1, -0.05) is 24.8 Å². The molecule has 3 aromatic rings. The fourth-order valence-corrected chi connectivity index (χ4v) is 4.75. The first-order chi connectivity index (χ1) is 11.5. The lowest BCUT2D eigenvalue weighted by molar-refractivity contribution is -0.116. The minimum atomic E-state index is -0.174. The number of amides is 1. The highest BCUT2D eigenvalue weighted by molar-refractivity contribution is 9.10. The molecule has 1 aromatic carbocycles. The second-order valence-corrected chi connectivity index (χ2v) is 7.23. The molecule has 3 rings (SSSR count). The highest BCUT2D eigenvalue weighted by Crippen LogP contribution is 2.44. The number of nitrogen functional groups attached to an aromatic ring is 1. The zero-order chi connectivity index (χ0) is 17.3. The molecule has 122 valence electrons. The zero-order valence-corrected chi connectivity index (χ0v) is 15.5. The number of benzene rings is 1. The molecular weight excluding hydrogens is 386 g/mol. The van der Waals surface area contributed by atoms with Gasteiger partial charge in [-0.05, 0) is 51.7 Å². The average Bonchev–Trinajstić information content (AvgIpc) is 2.90. The van der Waals surface area contributed by atoms with Crippen LogP contribution in [0.4, 0.5) is 5.82 Å². The van der Waals surface area contributed by atoms with Crippen LogP contribution in [0.1, 0.15) is 11.1 Å². The van der Waals surface area contributed by atoms with Gasteiger partial charge < -0.3 is 11.1 Å². The largest absolute Gasteiger partial charge is 0.383 e. The molecule has 0 aliphatic carbocycles. The number of aryl methyl sites for hydroxylation is 1. The zero-order valence-electron chi connectivity index (χ0n) is 13.1. The van der Waals surface area contributed by atoms with Gasteiger partial charge in [-0.15, -0.1) is 11.3 Å². The van der Waals surface area contributed by atoms with E-state index < -0.39 is 0 Å². The quantitative estimate of drug-likeness (QED) is 0.635. The van der Waals surface area contributed by atoms with Crippen molar-refractivity contribution in [3.8, 4) is 10.4 Å². The van der Waals surface area contributed by atoms with Crippen LogP contribution in [0.2, 0.25) is 0 Å². The number of anilines is 1. The van der Waals surface area contributed by atoms with E-state index in [0.29, 0.717) is 12.4 Å². The Bertz CT molecular complexity index is 949. The molecular formula is C18H16BrN3OS. The minimum Gasteiger partial charge on any atom is -0.383 e. The number of rotatable bonds is 4. The Morgan fingerprint density at radius 1 is 1.46 bits per heavy atom. The summed E-state index contributed by atoms with van der Waals surface area (Å²) in [5, 5.41) is 3.74. The Hall–Kier alpha value is -2.18. The molecule has 0 aliphatic heterocycles. The molecule has 1 amide bonds. The van der Waals surface area contributed by atoms with Crippen molar-refractivity contribution < 1.29 is 4.79 Å². The number of halogens is 1. The maximum Gasteiger partial charge on any atom is 0.243 e. The van der Waals surface area contributed by atoms with Crippen molar-refractivity contribution >= 4 is 49.1 Å². The summed E-state index contributed by atoms with van der Waals surface area (Å²) in [6.07, 6.45) is 3.00. The van der Waals surface area contributed by atoms with Crippen molar-refractivity contribution in [3.63, 3.8) is 0 Å². The highest BCUT2D eigenvalue weighted by atomic mass is 79.9. The smallest absolute Gasteiger partial charge is 0.243 e. The predicted octanol–water partition coefficient (Wildman–Crippen LogP) is 4.42. The fraction of sp³-hybridized carbons (Fsp3) is 0.111. The first-order valence-corrected chi connectivity index (χ1v) is 8.95. The van der Waals surface area contributed by atoms with Crippen molar-refractivity contribution in [2.24, 2.45) is 0 Å². The number of thiophene rings is 1. The van der Waals surface area contributed by atoms with Crippen molar-refractivity contribution in [1.82, 2.24) is 10.3 Å². The number of hydrogen-bond donors (Lipinski definition) is 2. The third-order valence-electron chi connectivity index (χ3n) is 3.76. The first-order valence-electron chi connectivity index (χ1n) is 7.34. The number of nitrogens with zero attached hydrogens (tertiary/aromatic N) is 1. The highest BCUT2D eigenvalue weighted by Gasteiger charge is 2.16. The van der Waals surface area contributed by atoms with E-state index in [1.54, 1.807) is 17.5 Å². The summed E-state index contributed by atoms with van der Waals surface area (Å²) in [5.74, 6) is 0.357. The number of nitrogens with two attached hydrogens (primary N) is 1. The predicted molar refractivity (Wildman–Crippen MR) is 104 cm³/mol. The molecule has 24 heavy (non-hydrogen) atoms. The Balaban J connectivity index is 1.98. The summed E-state index contributed by atoms with van der Waals surface area (Å²) in [6, 6.07) is 8.14. The third kappa shape index (κ3) is 3.07. The van der Waals surface area contributed by atoms with Gasteiger partial charge in [-0.2, -0.15) is 0 Å².